The van der Waals surface area contributed by atoms with Crippen LogP contribution in [0.4, 0.5) is 17.2 Å². The SMILES string of the molecule is COc1cc2ncnc(Nc3cccc(C)c3)c2cc1N. The molecular weight excluding hydrogens is 264 g/mol. The molecule has 2 aromatic carbocycles. The molecule has 1 heterocycles. The van der Waals surface area contributed by atoms with Gasteiger partial charge >= 0.3 is 0 Å². The molecule has 0 atom stereocenters. The van der Waals surface area contributed by atoms with Gasteiger partial charge in [0.05, 0.1) is 18.3 Å². The summed E-state index contributed by atoms with van der Waals surface area (Å²) in [7, 11) is 1.59. The molecule has 5 nitrogen and oxygen atoms in total. The lowest BCUT2D eigenvalue weighted by Gasteiger charge is -2.11. The van der Waals surface area contributed by atoms with Gasteiger partial charge in [-0.1, -0.05) is 12.1 Å². The van der Waals surface area contributed by atoms with E-state index in [0.717, 1.165) is 22.4 Å². The van der Waals surface area contributed by atoms with E-state index in [0.29, 0.717) is 11.4 Å². The Morgan fingerprint density at radius 3 is 2.76 bits per heavy atom. The summed E-state index contributed by atoms with van der Waals surface area (Å²) in [6.07, 6.45) is 1.52. The molecule has 0 aliphatic heterocycles. The topological polar surface area (TPSA) is 73.1 Å². The number of methoxy groups -OCH3 is 1. The molecular formula is C16H16N4O. The third-order valence-corrected chi connectivity index (χ3v) is 3.27. The van der Waals surface area contributed by atoms with Gasteiger partial charge in [-0.15, -0.1) is 0 Å². The molecule has 3 aromatic rings. The van der Waals surface area contributed by atoms with Gasteiger partial charge in [0, 0.05) is 17.1 Å². The summed E-state index contributed by atoms with van der Waals surface area (Å²) in [6, 6.07) is 11.7. The summed E-state index contributed by atoms with van der Waals surface area (Å²) in [4.78, 5) is 8.57. The zero-order chi connectivity index (χ0) is 14.8. The minimum Gasteiger partial charge on any atom is -0.495 e. The highest BCUT2D eigenvalue weighted by Crippen LogP contribution is 2.31. The first-order valence-electron chi connectivity index (χ1n) is 6.59. The van der Waals surface area contributed by atoms with Crippen LogP contribution < -0.4 is 15.8 Å². The summed E-state index contributed by atoms with van der Waals surface area (Å²) >= 11 is 0. The van der Waals surface area contributed by atoms with Gasteiger partial charge in [0.15, 0.2) is 0 Å². The van der Waals surface area contributed by atoms with Gasteiger partial charge in [-0.2, -0.15) is 0 Å². The van der Waals surface area contributed by atoms with E-state index in [2.05, 4.69) is 21.4 Å². The minimum absolute atomic E-state index is 0.562. The number of nitrogen functional groups attached to an aromatic ring is 1. The van der Waals surface area contributed by atoms with Crippen LogP contribution in [-0.4, -0.2) is 17.1 Å². The van der Waals surface area contributed by atoms with Crippen LogP contribution in [0.25, 0.3) is 10.9 Å². The van der Waals surface area contributed by atoms with E-state index < -0.39 is 0 Å². The molecule has 0 aliphatic rings. The van der Waals surface area contributed by atoms with Gasteiger partial charge in [-0.3, -0.25) is 0 Å². The van der Waals surface area contributed by atoms with Crippen molar-refractivity contribution in [3.63, 3.8) is 0 Å². The molecule has 3 rings (SSSR count). The Morgan fingerprint density at radius 2 is 2.00 bits per heavy atom. The lowest BCUT2D eigenvalue weighted by atomic mass is 10.2. The van der Waals surface area contributed by atoms with Crippen LogP contribution in [0.1, 0.15) is 5.56 Å². The van der Waals surface area contributed by atoms with Crippen molar-refractivity contribution in [3.8, 4) is 5.75 Å². The molecule has 0 spiro atoms. The Kier molecular flexibility index (Phi) is 3.31. The lowest BCUT2D eigenvalue weighted by molar-refractivity contribution is 0.417. The number of hydrogen-bond donors (Lipinski definition) is 2. The molecule has 5 heteroatoms. The van der Waals surface area contributed by atoms with Gasteiger partial charge < -0.3 is 15.8 Å². The van der Waals surface area contributed by atoms with E-state index >= 15 is 0 Å². The van der Waals surface area contributed by atoms with Crippen molar-refractivity contribution in [2.45, 2.75) is 6.92 Å². The number of nitrogens with zero attached hydrogens (tertiary/aromatic N) is 2. The monoisotopic (exact) mass is 280 g/mol. The molecule has 21 heavy (non-hydrogen) atoms. The zero-order valence-corrected chi connectivity index (χ0v) is 11.9. The van der Waals surface area contributed by atoms with Crippen molar-refractivity contribution < 1.29 is 4.74 Å². The number of rotatable bonds is 3. The fourth-order valence-corrected chi connectivity index (χ4v) is 2.24. The highest BCUT2D eigenvalue weighted by molar-refractivity contribution is 5.94. The summed E-state index contributed by atoms with van der Waals surface area (Å²) in [5, 5.41) is 4.16. The van der Waals surface area contributed by atoms with E-state index in [1.165, 1.54) is 11.9 Å². The van der Waals surface area contributed by atoms with E-state index in [9.17, 15) is 0 Å². The smallest absolute Gasteiger partial charge is 0.143 e. The first-order valence-corrected chi connectivity index (χ1v) is 6.59. The van der Waals surface area contributed by atoms with Crippen molar-refractivity contribution in [1.82, 2.24) is 9.97 Å². The number of nitrogens with one attached hydrogen (secondary N) is 1. The second-order valence-corrected chi connectivity index (χ2v) is 4.83. The van der Waals surface area contributed by atoms with Crippen LogP contribution in [0.15, 0.2) is 42.7 Å². The van der Waals surface area contributed by atoms with Crippen molar-refractivity contribution in [2.75, 3.05) is 18.2 Å². The Labute approximate surface area is 122 Å². The Balaban J connectivity index is 2.08. The number of ether oxygens (including phenoxy) is 1. The van der Waals surface area contributed by atoms with Gasteiger partial charge in [0.2, 0.25) is 0 Å². The van der Waals surface area contributed by atoms with Gasteiger partial charge in [-0.05, 0) is 30.7 Å². The number of fused-ring (bicyclic) bond motifs is 1. The van der Waals surface area contributed by atoms with Crippen LogP contribution in [0, 0.1) is 6.92 Å². The molecule has 0 saturated carbocycles. The Morgan fingerprint density at radius 1 is 1.14 bits per heavy atom. The predicted molar refractivity (Wildman–Crippen MR) is 85.0 cm³/mol. The van der Waals surface area contributed by atoms with E-state index in [1.54, 1.807) is 7.11 Å². The summed E-state index contributed by atoms with van der Waals surface area (Å²) in [6.45, 7) is 2.05. The van der Waals surface area contributed by atoms with Crippen LogP contribution in [0.2, 0.25) is 0 Å². The van der Waals surface area contributed by atoms with Gasteiger partial charge in [0.1, 0.15) is 17.9 Å². The van der Waals surface area contributed by atoms with Crippen LogP contribution >= 0.6 is 0 Å². The molecule has 0 aliphatic carbocycles. The summed E-state index contributed by atoms with van der Waals surface area (Å²) in [5.74, 6) is 1.34. The molecule has 0 unspecified atom stereocenters. The van der Waals surface area contributed by atoms with Crippen molar-refractivity contribution >= 4 is 28.1 Å². The number of aryl methyl sites for hydroxylation is 1. The maximum atomic E-state index is 5.98. The van der Waals surface area contributed by atoms with Crippen molar-refractivity contribution in [3.05, 3.63) is 48.3 Å². The van der Waals surface area contributed by atoms with Crippen LogP contribution in [0.3, 0.4) is 0 Å². The van der Waals surface area contributed by atoms with E-state index in [1.807, 2.05) is 37.3 Å². The molecule has 0 fully saturated rings. The normalized spacial score (nSPS) is 10.6. The molecule has 1 aromatic heterocycles. The molecule has 106 valence electrons. The highest BCUT2D eigenvalue weighted by Gasteiger charge is 2.08. The van der Waals surface area contributed by atoms with Gasteiger partial charge in [0.25, 0.3) is 0 Å². The molecule has 3 N–H and O–H groups in total. The Hall–Kier alpha value is -2.82. The number of hydrogen-bond acceptors (Lipinski definition) is 5. The fourth-order valence-electron chi connectivity index (χ4n) is 2.24. The number of anilines is 3. The van der Waals surface area contributed by atoms with Crippen LogP contribution in [-0.2, 0) is 0 Å². The lowest BCUT2D eigenvalue weighted by Crippen LogP contribution is -1.98. The van der Waals surface area contributed by atoms with Crippen molar-refractivity contribution in [2.24, 2.45) is 0 Å². The third-order valence-electron chi connectivity index (χ3n) is 3.27. The number of aromatic nitrogens is 2. The fraction of sp³-hybridized carbons (Fsp3) is 0.125. The maximum Gasteiger partial charge on any atom is 0.143 e. The van der Waals surface area contributed by atoms with E-state index in [4.69, 9.17) is 10.5 Å². The second kappa shape index (κ2) is 5.28. The molecule has 0 radical (unpaired) electrons. The minimum atomic E-state index is 0.562. The second-order valence-electron chi connectivity index (χ2n) is 4.83. The first-order chi connectivity index (χ1) is 10.2. The predicted octanol–water partition coefficient (Wildman–Crippen LogP) is 3.27. The largest absolute Gasteiger partial charge is 0.495 e. The van der Waals surface area contributed by atoms with Gasteiger partial charge in [-0.25, -0.2) is 9.97 Å². The standard InChI is InChI=1S/C16H16N4O/c1-10-4-3-5-11(6-10)20-16-12-7-13(17)15(21-2)8-14(12)18-9-19-16/h3-9H,17H2,1-2H3,(H,18,19,20). The van der Waals surface area contributed by atoms with Crippen LogP contribution in [0.5, 0.6) is 5.75 Å². The zero-order valence-electron chi connectivity index (χ0n) is 11.9. The first kappa shape index (κ1) is 13.2. The van der Waals surface area contributed by atoms with Crippen molar-refractivity contribution in [1.29, 1.82) is 0 Å². The highest BCUT2D eigenvalue weighted by atomic mass is 16.5. The maximum absolute atomic E-state index is 5.98. The average molecular weight is 280 g/mol. The molecule has 0 bridgehead atoms. The third kappa shape index (κ3) is 2.58. The Bertz CT molecular complexity index is 801. The molecule has 0 saturated heterocycles. The molecule has 0 amide bonds. The average Bonchev–Trinajstić information content (AvgIpc) is 2.47. The summed E-state index contributed by atoms with van der Waals surface area (Å²) in [5.41, 5.74) is 9.48. The summed E-state index contributed by atoms with van der Waals surface area (Å²) < 4.78 is 5.22. The quantitative estimate of drug-likeness (QED) is 0.720. The number of nitrogens with two attached hydrogens (primary N) is 1. The number of benzene rings is 2. The van der Waals surface area contributed by atoms with E-state index in [-0.39, 0.29) is 0 Å².